The first-order chi connectivity index (χ1) is 10.1. The standard InChI is InChI=1S/C14H23N7/c1-5-6-15-13-12(10(2)3)14(18-8-17-13)16-7-11-20-19-9-21(11)4/h8-10H,5-7H2,1-4H3,(H2,15,16,17,18). The summed E-state index contributed by atoms with van der Waals surface area (Å²) >= 11 is 0. The lowest BCUT2D eigenvalue weighted by Gasteiger charge is -2.17. The van der Waals surface area contributed by atoms with Gasteiger partial charge in [-0.3, -0.25) is 0 Å². The largest absolute Gasteiger partial charge is 0.370 e. The highest BCUT2D eigenvalue weighted by Gasteiger charge is 2.15. The molecule has 0 radical (unpaired) electrons. The highest BCUT2D eigenvalue weighted by molar-refractivity contribution is 5.58. The molecule has 0 aromatic carbocycles. The molecule has 0 unspecified atom stereocenters. The van der Waals surface area contributed by atoms with Crippen molar-refractivity contribution in [3.8, 4) is 0 Å². The Morgan fingerprint density at radius 3 is 2.48 bits per heavy atom. The molecule has 114 valence electrons. The van der Waals surface area contributed by atoms with Crippen molar-refractivity contribution in [1.82, 2.24) is 24.7 Å². The predicted octanol–water partition coefficient (Wildman–Crippen LogP) is 2.16. The first-order valence-corrected chi connectivity index (χ1v) is 7.29. The van der Waals surface area contributed by atoms with Crippen LogP contribution in [0.4, 0.5) is 11.6 Å². The molecule has 0 bridgehead atoms. The Bertz CT molecular complexity index is 576. The van der Waals surface area contributed by atoms with Crippen molar-refractivity contribution >= 4 is 11.6 Å². The molecule has 2 aromatic rings. The van der Waals surface area contributed by atoms with E-state index in [4.69, 9.17) is 0 Å². The number of nitrogens with one attached hydrogen (secondary N) is 2. The fraction of sp³-hybridized carbons (Fsp3) is 0.571. The lowest BCUT2D eigenvalue weighted by molar-refractivity contribution is 0.799. The zero-order valence-electron chi connectivity index (χ0n) is 13.1. The molecular formula is C14H23N7. The topological polar surface area (TPSA) is 80.6 Å². The third-order valence-corrected chi connectivity index (χ3v) is 3.22. The van der Waals surface area contributed by atoms with Gasteiger partial charge in [-0.2, -0.15) is 0 Å². The van der Waals surface area contributed by atoms with Gasteiger partial charge in [-0.15, -0.1) is 10.2 Å². The summed E-state index contributed by atoms with van der Waals surface area (Å²) in [6.45, 7) is 7.91. The molecule has 0 spiro atoms. The van der Waals surface area contributed by atoms with E-state index in [1.54, 1.807) is 12.7 Å². The highest BCUT2D eigenvalue weighted by Crippen LogP contribution is 2.28. The maximum absolute atomic E-state index is 4.38. The molecule has 7 heteroatoms. The maximum Gasteiger partial charge on any atom is 0.151 e. The van der Waals surface area contributed by atoms with E-state index in [0.29, 0.717) is 12.5 Å². The first kappa shape index (κ1) is 15.2. The van der Waals surface area contributed by atoms with Crippen LogP contribution >= 0.6 is 0 Å². The summed E-state index contributed by atoms with van der Waals surface area (Å²) in [6, 6.07) is 0. The minimum atomic E-state index is 0.326. The van der Waals surface area contributed by atoms with Crippen LogP contribution in [0.15, 0.2) is 12.7 Å². The van der Waals surface area contributed by atoms with Crippen LogP contribution in [0.1, 0.15) is 44.5 Å². The molecule has 7 nitrogen and oxygen atoms in total. The van der Waals surface area contributed by atoms with E-state index in [1.165, 1.54) is 0 Å². The Balaban J connectivity index is 2.19. The molecule has 2 rings (SSSR count). The van der Waals surface area contributed by atoms with Gasteiger partial charge in [-0.05, 0) is 12.3 Å². The Kier molecular flexibility index (Phi) is 5.08. The predicted molar refractivity (Wildman–Crippen MR) is 83.2 cm³/mol. The number of nitrogens with zero attached hydrogens (tertiary/aromatic N) is 5. The molecule has 21 heavy (non-hydrogen) atoms. The van der Waals surface area contributed by atoms with Crippen LogP contribution in [-0.4, -0.2) is 31.3 Å². The van der Waals surface area contributed by atoms with E-state index >= 15 is 0 Å². The quantitative estimate of drug-likeness (QED) is 0.813. The van der Waals surface area contributed by atoms with E-state index in [9.17, 15) is 0 Å². The third kappa shape index (κ3) is 3.68. The second-order valence-corrected chi connectivity index (χ2v) is 5.28. The molecule has 0 saturated heterocycles. The van der Waals surface area contributed by atoms with Crippen LogP contribution in [0.5, 0.6) is 0 Å². The molecule has 0 fully saturated rings. The van der Waals surface area contributed by atoms with E-state index < -0.39 is 0 Å². The SMILES string of the molecule is CCCNc1ncnc(NCc2nncn2C)c1C(C)C. The molecule has 0 aliphatic heterocycles. The Morgan fingerprint density at radius 2 is 1.90 bits per heavy atom. The average molecular weight is 289 g/mol. The number of hydrogen-bond donors (Lipinski definition) is 2. The minimum Gasteiger partial charge on any atom is -0.370 e. The van der Waals surface area contributed by atoms with Crippen LogP contribution < -0.4 is 10.6 Å². The van der Waals surface area contributed by atoms with Gasteiger partial charge in [0.15, 0.2) is 5.82 Å². The minimum absolute atomic E-state index is 0.326. The molecule has 2 N–H and O–H groups in total. The molecule has 0 amide bonds. The van der Waals surface area contributed by atoms with Gasteiger partial charge in [-0.25, -0.2) is 9.97 Å². The fourth-order valence-corrected chi connectivity index (χ4v) is 2.10. The lowest BCUT2D eigenvalue weighted by Crippen LogP contribution is -2.13. The van der Waals surface area contributed by atoms with E-state index in [0.717, 1.165) is 36.0 Å². The first-order valence-electron chi connectivity index (χ1n) is 7.29. The second kappa shape index (κ2) is 7.01. The number of aryl methyl sites for hydroxylation is 1. The zero-order chi connectivity index (χ0) is 15.2. The summed E-state index contributed by atoms with van der Waals surface area (Å²) in [4.78, 5) is 8.74. The number of aromatic nitrogens is 5. The van der Waals surface area contributed by atoms with E-state index in [2.05, 4.69) is 51.6 Å². The van der Waals surface area contributed by atoms with Crippen LogP contribution in [0.3, 0.4) is 0 Å². The molecular weight excluding hydrogens is 266 g/mol. The summed E-state index contributed by atoms with van der Waals surface area (Å²) < 4.78 is 1.89. The van der Waals surface area contributed by atoms with E-state index in [-0.39, 0.29) is 0 Å². The summed E-state index contributed by atoms with van der Waals surface area (Å²) in [7, 11) is 1.93. The number of hydrogen-bond acceptors (Lipinski definition) is 6. The van der Waals surface area contributed by atoms with Crippen molar-refractivity contribution in [2.45, 2.75) is 39.7 Å². The smallest absolute Gasteiger partial charge is 0.151 e. The number of anilines is 2. The Hall–Kier alpha value is -2.18. The van der Waals surface area contributed by atoms with Gasteiger partial charge in [0, 0.05) is 19.2 Å². The molecule has 2 heterocycles. The lowest BCUT2D eigenvalue weighted by atomic mass is 10.0. The van der Waals surface area contributed by atoms with Gasteiger partial charge in [0.05, 0.1) is 6.54 Å². The summed E-state index contributed by atoms with van der Waals surface area (Å²) in [5, 5.41) is 14.7. The molecule has 0 aliphatic rings. The normalized spacial score (nSPS) is 10.9. The van der Waals surface area contributed by atoms with Crippen molar-refractivity contribution in [2.24, 2.45) is 7.05 Å². The van der Waals surface area contributed by atoms with Crippen LogP contribution in [0, 0.1) is 0 Å². The van der Waals surface area contributed by atoms with Gasteiger partial charge in [0.2, 0.25) is 0 Å². The van der Waals surface area contributed by atoms with Gasteiger partial charge >= 0.3 is 0 Å². The van der Waals surface area contributed by atoms with Crippen LogP contribution in [0.25, 0.3) is 0 Å². The molecule has 0 aliphatic carbocycles. The summed E-state index contributed by atoms with van der Waals surface area (Å²) in [6.07, 6.45) is 4.33. The van der Waals surface area contributed by atoms with Crippen molar-refractivity contribution in [2.75, 3.05) is 17.2 Å². The van der Waals surface area contributed by atoms with Gasteiger partial charge in [-0.1, -0.05) is 20.8 Å². The Morgan fingerprint density at radius 1 is 1.19 bits per heavy atom. The van der Waals surface area contributed by atoms with Gasteiger partial charge in [0.25, 0.3) is 0 Å². The summed E-state index contributed by atoms with van der Waals surface area (Å²) in [5.41, 5.74) is 1.10. The summed E-state index contributed by atoms with van der Waals surface area (Å²) in [5.74, 6) is 2.95. The van der Waals surface area contributed by atoms with Crippen molar-refractivity contribution in [3.05, 3.63) is 24.0 Å². The van der Waals surface area contributed by atoms with Gasteiger partial charge in [0.1, 0.15) is 24.3 Å². The monoisotopic (exact) mass is 289 g/mol. The van der Waals surface area contributed by atoms with E-state index in [1.807, 2.05) is 11.6 Å². The van der Waals surface area contributed by atoms with Crippen LogP contribution in [-0.2, 0) is 13.6 Å². The zero-order valence-corrected chi connectivity index (χ0v) is 13.1. The number of rotatable bonds is 7. The van der Waals surface area contributed by atoms with Crippen molar-refractivity contribution < 1.29 is 0 Å². The third-order valence-electron chi connectivity index (χ3n) is 3.22. The van der Waals surface area contributed by atoms with Gasteiger partial charge < -0.3 is 15.2 Å². The molecule has 2 aromatic heterocycles. The van der Waals surface area contributed by atoms with Crippen molar-refractivity contribution in [3.63, 3.8) is 0 Å². The molecule has 0 saturated carbocycles. The average Bonchev–Trinajstić information content (AvgIpc) is 2.87. The maximum atomic E-state index is 4.38. The highest BCUT2D eigenvalue weighted by atomic mass is 15.3. The Labute approximate surface area is 125 Å². The fourth-order valence-electron chi connectivity index (χ4n) is 2.10. The van der Waals surface area contributed by atoms with Crippen LogP contribution in [0.2, 0.25) is 0 Å². The van der Waals surface area contributed by atoms with Crippen molar-refractivity contribution in [1.29, 1.82) is 0 Å². The second-order valence-electron chi connectivity index (χ2n) is 5.28. The molecule has 0 atom stereocenters.